The van der Waals surface area contributed by atoms with E-state index in [2.05, 4.69) is 42.0 Å². The maximum Gasteiger partial charge on any atom is 0.259 e. The van der Waals surface area contributed by atoms with Gasteiger partial charge in [-0.05, 0) is 48.2 Å². The second kappa shape index (κ2) is 7.70. The third kappa shape index (κ3) is 4.39. The molecule has 2 aromatic rings. The molecule has 1 aliphatic heterocycles. The van der Waals surface area contributed by atoms with Crippen molar-refractivity contribution in [2.45, 2.75) is 33.1 Å². The summed E-state index contributed by atoms with van der Waals surface area (Å²) in [6.07, 6.45) is 0. The number of hydrogen-bond donors (Lipinski definition) is 1. The number of nitrogens with zero attached hydrogens (tertiary/aromatic N) is 2. The monoisotopic (exact) mass is 368 g/mol. The van der Waals surface area contributed by atoms with Crippen LogP contribution in [-0.4, -0.2) is 35.5 Å². The molecule has 1 aliphatic rings. The average Bonchev–Trinajstić information content (AvgIpc) is 2.62. The number of aromatic nitrogens is 1. The van der Waals surface area contributed by atoms with Crippen molar-refractivity contribution < 1.29 is 4.79 Å². The molecule has 5 heteroatoms. The number of aryl methyl sites for hydroxylation is 1. The molecule has 1 fully saturated rings. The number of nitrogens with one attached hydrogen (secondary N) is 1. The van der Waals surface area contributed by atoms with Gasteiger partial charge >= 0.3 is 0 Å². The summed E-state index contributed by atoms with van der Waals surface area (Å²) in [4.78, 5) is 19.8. The lowest BCUT2D eigenvalue weighted by molar-refractivity contribution is 0.102. The van der Waals surface area contributed by atoms with Crippen molar-refractivity contribution in [3.63, 3.8) is 0 Å². The van der Waals surface area contributed by atoms with Gasteiger partial charge < -0.3 is 10.2 Å². The van der Waals surface area contributed by atoms with Gasteiger partial charge in [-0.2, -0.15) is 11.8 Å². The fraction of sp³-hybridized carbons (Fsp3) is 0.429. The summed E-state index contributed by atoms with van der Waals surface area (Å²) in [6, 6.07) is 12.8. The third-order valence-corrected chi connectivity index (χ3v) is 5.38. The minimum atomic E-state index is -0.114. The Hall–Kier alpha value is -2.01. The second-order valence-electron chi connectivity index (χ2n) is 7.62. The molecule has 1 N–H and O–H groups in total. The van der Waals surface area contributed by atoms with Gasteiger partial charge in [-0.25, -0.2) is 4.98 Å². The van der Waals surface area contributed by atoms with Crippen molar-refractivity contribution in [2.75, 3.05) is 34.8 Å². The average molecular weight is 369 g/mol. The molecule has 0 bridgehead atoms. The van der Waals surface area contributed by atoms with E-state index in [1.807, 2.05) is 49.0 Å². The van der Waals surface area contributed by atoms with Crippen molar-refractivity contribution in [3.05, 3.63) is 53.2 Å². The number of hydrogen-bond acceptors (Lipinski definition) is 4. The lowest BCUT2D eigenvalue weighted by Crippen LogP contribution is -2.35. The molecule has 1 aromatic carbocycles. The van der Waals surface area contributed by atoms with E-state index in [1.54, 1.807) is 0 Å². The van der Waals surface area contributed by atoms with Gasteiger partial charge in [0, 0.05) is 36.0 Å². The van der Waals surface area contributed by atoms with E-state index in [1.165, 1.54) is 0 Å². The van der Waals surface area contributed by atoms with Gasteiger partial charge in [0.05, 0.1) is 5.56 Å². The smallest absolute Gasteiger partial charge is 0.259 e. The summed E-state index contributed by atoms with van der Waals surface area (Å²) in [7, 11) is 0. The first-order valence-electron chi connectivity index (χ1n) is 8.98. The minimum absolute atomic E-state index is 0.0111. The minimum Gasteiger partial charge on any atom is -0.354 e. The normalized spacial score (nSPS) is 15.0. The quantitative estimate of drug-likeness (QED) is 0.878. The number of amides is 1. The van der Waals surface area contributed by atoms with Gasteiger partial charge in [0.2, 0.25) is 0 Å². The van der Waals surface area contributed by atoms with Gasteiger partial charge in [-0.1, -0.05) is 26.8 Å². The van der Waals surface area contributed by atoms with E-state index in [-0.39, 0.29) is 11.3 Å². The molecular weight excluding hydrogens is 342 g/mol. The standard InChI is InChI=1S/C21H26N3OS/c1-15-8-9-18(19(22-15)24-10-12-26-13-11-24)20(25)23-17-7-5-6-16(14-17)21(2,3)4/h5,7-9,14H,10-13H2,1-4H3,(H,23,25). The van der Waals surface area contributed by atoms with Crippen molar-refractivity contribution in [2.24, 2.45) is 0 Å². The highest BCUT2D eigenvalue weighted by atomic mass is 32.2. The van der Waals surface area contributed by atoms with Crippen LogP contribution < -0.4 is 10.2 Å². The van der Waals surface area contributed by atoms with E-state index < -0.39 is 0 Å². The first-order valence-corrected chi connectivity index (χ1v) is 10.1. The molecular formula is C21H26N3OS. The van der Waals surface area contributed by atoms with Crippen molar-refractivity contribution >= 4 is 29.2 Å². The Morgan fingerprint density at radius 2 is 1.96 bits per heavy atom. The fourth-order valence-electron chi connectivity index (χ4n) is 2.91. The van der Waals surface area contributed by atoms with Crippen LogP contribution in [0.4, 0.5) is 11.5 Å². The number of thioether (sulfide) groups is 1. The molecule has 1 aromatic heterocycles. The highest BCUT2D eigenvalue weighted by Crippen LogP contribution is 2.26. The summed E-state index contributed by atoms with van der Waals surface area (Å²) in [5, 5.41) is 3.04. The molecule has 1 saturated heterocycles. The lowest BCUT2D eigenvalue weighted by atomic mass is 9.87. The van der Waals surface area contributed by atoms with Crippen LogP contribution in [0, 0.1) is 13.0 Å². The highest BCUT2D eigenvalue weighted by molar-refractivity contribution is 7.99. The van der Waals surface area contributed by atoms with Crippen LogP contribution >= 0.6 is 11.8 Å². The Bertz CT molecular complexity index is 792. The molecule has 26 heavy (non-hydrogen) atoms. The van der Waals surface area contributed by atoms with Crippen molar-refractivity contribution in [3.8, 4) is 0 Å². The maximum atomic E-state index is 13.0. The Labute approximate surface area is 160 Å². The van der Waals surface area contributed by atoms with Crippen LogP contribution in [0.25, 0.3) is 0 Å². The van der Waals surface area contributed by atoms with Crippen molar-refractivity contribution in [1.82, 2.24) is 4.98 Å². The molecule has 0 atom stereocenters. The summed E-state index contributed by atoms with van der Waals surface area (Å²) in [6.45, 7) is 10.2. The van der Waals surface area contributed by atoms with Gasteiger partial charge in [0.25, 0.3) is 5.91 Å². The molecule has 1 radical (unpaired) electrons. The number of carbonyl (C=O) groups excluding carboxylic acids is 1. The zero-order valence-corrected chi connectivity index (χ0v) is 16.7. The predicted molar refractivity (Wildman–Crippen MR) is 110 cm³/mol. The van der Waals surface area contributed by atoms with Gasteiger partial charge in [-0.15, -0.1) is 0 Å². The first-order chi connectivity index (χ1) is 12.3. The fourth-order valence-corrected chi connectivity index (χ4v) is 3.82. The molecule has 137 valence electrons. The van der Waals surface area contributed by atoms with Crippen LogP contribution in [0.5, 0.6) is 0 Å². The molecule has 0 aliphatic carbocycles. The highest BCUT2D eigenvalue weighted by Gasteiger charge is 2.21. The van der Waals surface area contributed by atoms with E-state index in [0.717, 1.165) is 47.4 Å². The number of benzene rings is 1. The molecule has 1 amide bonds. The Morgan fingerprint density at radius 3 is 2.65 bits per heavy atom. The number of carbonyl (C=O) groups is 1. The molecule has 3 rings (SSSR count). The third-order valence-electron chi connectivity index (χ3n) is 4.44. The number of anilines is 2. The maximum absolute atomic E-state index is 13.0. The van der Waals surface area contributed by atoms with Gasteiger partial charge in [-0.3, -0.25) is 4.79 Å². The molecule has 4 nitrogen and oxygen atoms in total. The Balaban J connectivity index is 1.86. The Morgan fingerprint density at radius 1 is 1.23 bits per heavy atom. The van der Waals surface area contributed by atoms with Crippen LogP contribution in [0.2, 0.25) is 0 Å². The summed E-state index contributed by atoms with van der Waals surface area (Å²) >= 11 is 1.94. The topological polar surface area (TPSA) is 45.2 Å². The Kier molecular flexibility index (Phi) is 5.56. The molecule has 2 heterocycles. The van der Waals surface area contributed by atoms with E-state index in [9.17, 15) is 4.79 Å². The summed E-state index contributed by atoms with van der Waals surface area (Å²) in [5.41, 5.74) is 3.42. The van der Waals surface area contributed by atoms with E-state index >= 15 is 0 Å². The van der Waals surface area contributed by atoms with Crippen LogP contribution in [0.15, 0.2) is 30.3 Å². The van der Waals surface area contributed by atoms with Crippen molar-refractivity contribution in [1.29, 1.82) is 0 Å². The molecule has 0 unspecified atom stereocenters. The van der Waals surface area contributed by atoms with Crippen LogP contribution in [-0.2, 0) is 5.41 Å². The summed E-state index contributed by atoms with van der Waals surface area (Å²) < 4.78 is 0. The van der Waals surface area contributed by atoms with E-state index in [4.69, 9.17) is 0 Å². The van der Waals surface area contributed by atoms with Gasteiger partial charge in [0.15, 0.2) is 0 Å². The largest absolute Gasteiger partial charge is 0.354 e. The van der Waals surface area contributed by atoms with Crippen LogP contribution in [0.3, 0.4) is 0 Å². The first kappa shape index (κ1) is 18.8. The van der Waals surface area contributed by atoms with E-state index in [0.29, 0.717) is 5.56 Å². The zero-order valence-electron chi connectivity index (χ0n) is 15.9. The zero-order chi connectivity index (χ0) is 18.7. The predicted octanol–water partition coefficient (Wildman–Crippen LogP) is 4.29. The molecule has 0 spiro atoms. The lowest BCUT2D eigenvalue weighted by Gasteiger charge is -2.29. The SMILES string of the molecule is Cc1ccc(C(=O)Nc2cc[c]c(C(C)(C)C)c2)c(N2CCSCC2)n1. The van der Waals surface area contributed by atoms with Crippen LogP contribution in [0.1, 0.15) is 42.4 Å². The summed E-state index contributed by atoms with van der Waals surface area (Å²) in [5.74, 6) is 2.82. The second-order valence-corrected chi connectivity index (χ2v) is 8.84. The van der Waals surface area contributed by atoms with Gasteiger partial charge in [0.1, 0.15) is 5.82 Å². The molecule has 0 saturated carbocycles. The number of rotatable bonds is 3. The number of pyridine rings is 1.